The molecule has 0 bridgehead atoms. The average molecular weight is 310 g/mol. The summed E-state index contributed by atoms with van der Waals surface area (Å²) in [6.07, 6.45) is 3.02. The first-order chi connectivity index (χ1) is 9.93. The summed E-state index contributed by atoms with van der Waals surface area (Å²) in [4.78, 5) is 2.28. The van der Waals surface area contributed by atoms with Crippen LogP contribution >= 0.6 is 0 Å². The number of ether oxygens (including phenoxy) is 1. The molecule has 1 fully saturated rings. The van der Waals surface area contributed by atoms with E-state index < -0.39 is 10.0 Å². The van der Waals surface area contributed by atoms with Crippen molar-refractivity contribution < 1.29 is 13.2 Å². The molecule has 116 valence electrons. The van der Waals surface area contributed by atoms with E-state index in [1.54, 1.807) is 0 Å². The maximum absolute atomic E-state index is 11.6. The monoisotopic (exact) mass is 310 g/mol. The van der Waals surface area contributed by atoms with E-state index in [1.165, 1.54) is 21.7 Å². The van der Waals surface area contributed by atoms with E-state index in [9.17, 15) is 8.42 Å². The Bertz CT molecular complexity index is 630. The highest BCUT2D eigenvalue weighted by Crippen LogP contribution is 2.29. The number of rotatable bonds is 3. The number of benzene rings is 1. The lowest BCUT2D eigenvalue weighted by atomic mass is 9.99. The quantitative estimate of drug-likeness (QED) is 0.838. The van der Waals surface area contributed by atoms with Gasteiger partial charge in [0, 0.05) is 25.2 Å². The van der Waals surface area contributed by atoms with Crippen molar-refractivity contribution >= 4 is 10.0 Å². The first-order valence-corrected chi connectivity index (χ1v) is 9.19. The van der Waals surface area contributed by atoms with Crippen LogP contribution in [0.4, 0.5) is 0 Å². The summed E-state index contributed by atoms with van der Waals surface area (Å²) < 4.78 is 30.8. The third-order valence-corrected chi connectivity index (χ3v) is 5.56. The standard InChI is InChI=1S/C15H22N2O3S/c1-16-8-6-12-4-3-5-15(14(12)11-16)20-13-7-9-17(10-13)21(2,18)19/h3-5,13H,6-11H2,1-2H3. The highest BCUT2D eigenvalue weighted by Gasteiger charge is 2.30. The Morgan fingerprint density at radius 2 is 2.10 bits per heavy atom. The van der Waals surface area contributed by atoms with Gasteiger partial charge in [0.15, 0.2) is 0 Å². The van der Waals surface area contributed by atoms with Gasteiger partial charge in [0.25, 0.3) is 0 Å². The molecule has 0 aliphatic carbocycles. The Hall–Kier alpha value is -1.11. The molecule has 2 aliphatic rings. The molecule has 2 heterocycles. The fraction of sp³-hybridized carbons (Fsp3) is 0.600. The summed E-state index contributed by atoms with van der Waals surface area (Å²) in [5, 5.41) is 0. The first-order valence-electron chi connectivity index (χ1n) is 7.34. The van der Waals surface area contributed by atoms with Crippen molar-refractivity contribution in [1.82, 2.24) is 9.21 Å². The van der Waals surface area contributed by atoms with E-state index in [0.29, 0.717) is 13.1 Å². The topological polar surface area (TPSA) is 49.9 Å². The molecule has 1 saturated heterocycles. The van der Waals surface area contributed by atoms with Gasteiger partial charge in [-0.25, -0.2) is 8.42 Å². The number of hydrogen-bond acceptors (Lipinski definition) is 4. The summed E-state index contributed by atoms with van der Waals surface area (Å²) in [5.41, 5.74) is 2.60. The van der Waals surface area contributed by atoms with E-state index in [4.69, 9.17) is 4.74 Å². The lowest BCUT2D eigenvalue weighted by Crippen LogP contribution is -2.31. The Morgan fingerprint density at radius 1 is 1.29 bits per heavy atom. The number of fused-ring (bicyclic) bond motifs is 1. The summed E-state index contributed by atoms with van der Waals surface area (Å²) in [5.74, 6) is 0.916. The second kappa shape index (κ2) is 5.59. The minimum atomic E-state index is -3.11. The molecule has 0 aromatic heterocycles. The molecule has 0 saturated carbocycles. The summed E-state index contributed by atoms with van der Waals surface area (Å²) >= 11 is 0. The predicted octanol–water partition coefficient (Wildman–Crippen LogP) is 1.09. The van der Waals surface area contributed by atoms with Crippen molar-refractivity contribution in [3.63, 3.8) is 0 Å². The van der Waals surface area contributed by atoms with Crippen LogP contribution in [0.25, 0.3) is 0 Å². The van der Waals surface area contributed by atoms with Crippen LogP contribution in [-0.4, -0.2) is 56.7 Å². The lowest BCUT2D eigenvalue weighted by Gasteiger charge is -2.27. The molecule has 0 spiro atoms. The van der Waals surface area contributed by atoms with Crippen LogP contribution in [0.15, 0.2) is 18.2 Å². The van der Waals surface area contributed by atoms with E-state index in [0.717, 1.165) is 31.7 Å². The molecule has 0 radical (unpaired) electrons. The van der Waals surface area contributed by atoms with Crippen LogP contribution in [0.5, 0.6) is 5.75 Å². The zero-order valence-electron chi connectivity index (χ0n) is 12.6. The van der Waals surface area contributed by atoms with Gasteiger partial charge in [0.2, 0.25) is 10.0 Å². The third kappa shape index (κ3) is 3.22. The fourth-order valence-corrected chi connectivity index (χ4v) is 3.94. The molecule has 0 amide bonds. The molecular formula is C15H22N2O3S. The molecule has 3 rings (SSSR count). The van der Waals surface area contributed by atoms with E-state index in [1.807, 2.05) is 12.1 Å². The average Bonchev–Trinajstić information content (AvgIpc) is 2.88. The Morgan fingerprint density at radius 3 is 2.81 bits per heavy atom. The minimum Gasteiger partial charge on any atom is -0.489 e. The van der Waals surface area contributed by atoms with E-state index >= 15 is 0 Å². The van der Waals surface area contributed by atoms with Crippen molar-refractivity contribution in [2.24, 2.45) is 0 Å². The van der Waals surface area contributed by atoms with Crippen molar-refractivity contribution in [2.45, 2.75) is 25.5 Å². The van der Waals surface area contributed by atoms with Crippen LogP contribution in [-0.2, 0) is 23.0 Å². The molecule has 2 aliphatic heterocycles. The molecule has 0 N–H and O–H groups in total. The number of sulfonamides is 1. The van der Waals surface area contributed by atoms with E-state index in [-0.39, 0.29) is 6.10 Å². The normalized spacial score (nSPS) is 24.0. The van der Waals surface area contributed by atoms with Crippen LogP contribution in [0, 0.1) is 0 Å². The van der Waals surface area contributed by atoms with Crippen LogP contribution < -0.4 is 4.74 Å². The number of likely N-dealkylation sites (N-methyl/N-ethyl adjacent to an activating group) is 1. The molecule has 1 aromatic carbocycles. The van der Waals surface area contributed by atoms with Crippen molar-refractivity contribution in [1.29, 1.82) is 0 Å². The maximum atomic E-state index is 11.6. The SMILES string of the molecule is CN1CCc2cccc(OC3CCN(S(C)(=O)=O)C3)c2C1. The van der Waals surface area contributed by atoms with Gasteiger partial charge in [0.1, 0.15) is 11.9 Å². The van der Waals surface area contributed by atoms with Gasteiger partial charge in [-0.15, -0.1) is 0 Å². The first kappa shape index (κ1) is 14.8. The van der Waals surface area contributed by atoms with Gasteiger partial charge in [0.05, 0.1) is 12.8 Å². The van der Waals surface area contributed by atoms with Gasteiger partial charge in [-0.1, -0.05) is 12.1 Å². The predicted molar refractivity (Wildman–Crippen MR) is 81.9 cm³/mol. The molecule has 21 heavy (non-hydrogen) atoms. The highest BCUT2D eigenvalue weighted by atomic mass is 32.2. The molecule has 5 nitrogen and oxygen atoms in total. The summed E-state index contributed by atoms with van der Waals surface area (Å²) in [6, 6.07) is 6.19. The lowest BCUT2D eigenvalue weighted by molar-refractivity contribution is 0.207. The smallest absolute Gasteiger partial charge is 0.211 e. The summed E-state index contributed by atoms with van der Waals surface area (Å²) in [6.45, 7) is 2.98. The molecule has 1 atom stereocenters. The van der Waals surface area contributed by atoms with Gasteiger partial charge >= 0.3 is 0 Å². The van der Waals surface area contributed by atoms with Crippen LogP contribution in [0.1, 0.15) is 17.5 Å². The molecular weight excluding hydrogens is 288 g/mol. The second-order valence-electron chi connectivity index (χ2n) is 6.03. The van der Waals surface area contributed by atoms with Gasteiger partial charge in [-0.2, -0.15) is 4.31 Å². The third-order valence-electron chi connectivity index (χ3n) is 4.29. The largest absolute Gasteiger partial charge is 0.489 e. The van der Waals surface area contributed by atoms with Gasteiger partial charge in [-0.3, -0.25) is 0 Å². The second-order valence-corrected chi connectivity index (χ2v) is 8.01. The number of nitrogens with zero attached hydrogens (tertiary/aromatic N) is 2. The number of hydrogen-bond donors (Lipinski definition) is 0. The Balaban J connectivity index is 1.75. The molecule has 1 unspecified atom stereocenters. The zero-order valence-corrected chi connectivity index (χ0v) is 13.4. The van der Waals surface area contributed by atoms with Gasteiger partial charge in [-0.05, 0) is 31.5 Å². The maximum Gasteiger partial charge on any atom is 0.211 e. The molecule has 6 heteroatoms. The van der Waals surface area contributed by atoms with Gasteiger partial charge < -0.3 is 9.64 Å². The van der Waals surface area contributed by atoms with Crippen molar-refractivity contribution in [2.75, 3.05) is 32.9 Å². The molecule has 1 aromatic rings. The van der Waals surface area contributed by atoms with Crippen LogP contribution in [0.2, 0.25) is 0 Å². The van der Waals surface area contributed by atoms with Crippen molar-refractivity contribution in [3.8, 4) is 5.75 Å². The Kier molecular flexibility index (Phi) is 3.94. The van der Waals surface area contributed by atoms with Crippen molar-refractivity contribution in [3.05, 3.63) is 29.3 Å². The van der Waals surface area contributed by atoms with E-state index in [2.05, 4.69) is 18.0 Å². The highest BCUT2D eigenvalue weighted by molar-refractivity contribution is 7.88. The van der Waals surface area contributed by atoms with Crippen LogP contribution in [0.3, 0.4) is 0 Å². The zero-order chi connectivity index (χ0) is 15.0. The Labute approximate surface area is 126 Å². The minimum absolute atomic E-state index is 0.0431. The fourth-order valence-electron chi connectivity index (χ4n) is 3.07. The summed E-state index contributed by atoms with van der Waals surface area (Å²) in [7, 11) is -0.997.